The first-order valence-corrected chi connectivity index (χ1v) is 33.8. The molecule has 3 aliphatic heterocycles. The van der Waals surface area contributed by atoms with Gasteiger partial charge in [-0.05, 0) is 64.3 Å². The Balaban J connectivity index is 0.956. The SMILES string of the molecule is C[C@H]1O[C@@H](O[C@H]2[C@H](OCc3ccccc3)[C@@H](OCc3ccccc3)[C@@H](O[C@H]3[C@H](OCc4ccccc4)[C@@H](OCc4ccccc4)[C@H](O)O[C@@H]3COCc3ccccc3)O[C@@H]2COCc2ccccc2)[C@H](OCc2ccccc2)[C@@H](OCc2ccccc2)C1NC1CCCCC1. The van der Waals surface area contributed by atoms with Crippen molar-refractivity contribution in [1.82, 2.24) is 5.32 Å². The van der Waals surface area contributed by atoms with Crippen molar-refractivity contribution in [3.8, 4) is 0 Å². The van der Waals surface area contributed by atoms with Crippen molar-refractivity contribution < 1.29 is 66.7 Å². The summed E-state index contributed by atoms with van der Waals surface area (Å²) in [6, 6.07) is 80.1. The van der Waals surface area contributed by atoms with Crippen LogP contribution in [0.4, 0.5) is 0 Å². The van der Waals surface area contributed by atoms with Gasteiger partial charge in [0.2, 0.25) is 0 Å². The number of nitrogens with one attached hydrogen (secondary N) is 1. The van der Waals surface area contributed by atoms with Crippen LogP contribution >= 0.6 is 0 Å². The molecular formula is C80H91NO14. The Labute approximate surface area is 559 Å². The molecule has 2 N–H and O–H groups in total. The Morgan fingerprint density at radius 1 is 0.326 bits per heavy atom. The number of aliphatic hydroxyl groups excluding tert-OH is 1. The molecule has 500 valence electrons. The summed E-state index contributed by atoms with van der Waals surface area (Å²) in [5.74, 6) is 0. The summed E-state index contributed by atoms with van der Waals surface area (Å²) in [6.07, 6.45) is -7.96. The van der Waals surface area contributed by atoms with Gasteiger partial charge < -0.3 is 72.0 Å². The molecule has 1 saturated carbocycles. The first-order valence-electron chi connectivity index (χ1n) is 33.8. The van der Waals surface area contributed by atoms with Gasteiger partial charge in [0.05, 0.1) is 78.2 Å². The Bertz CT molecular complexity index is 3380. The zero-order valence-electron chi connectivity index (χ0n) is 54.2. The monoisotopic (exact) mass is 1290 g/mol. The number of hydrogen-bond acceptors (Lipinski definition) is 15. The smallest absolute Gasteiger partial charge is 0.187 e. The van der Waals surface area contributed by atoms with Gasteiger partial charge >= 0.3 is 0 Å². The number of ether oxygens (including phenoxy) is 13. The standard InChI is InChI=1S/C80H91NO14/c1-57-69(81-66-45-27-10-28-46-66)72(85-49-60-33-15-4-16-34-60)76(89-53-64-41-23-8-24-42-64)79(91-57)94-71-68(56-84-48-59-31-13-3-14-32-59)93-80(77(90-54-65-43-25-9-26-44-65)74(71)87-51-62-37-19-6-20-38-62)95-70-67(55-83-47-58-29-11-2-12-30-58)92-78(82)75(88-52-63-39-21-7-22-40-63)73(70)86-50-61-35-17-5-18-36-61/h2-9,11-26,29-44,57,66-82H,10,27-28,45-56H2,1H3/t57-,67-,68-,69?,70-,71-,72+,73+,74+,75-,76-,77-,78-,79+,80-/m1/s1. The van der Waals surface area contributed by atoms with Gasteiger partial charge in [0.1, 0.15) is 61.0 Å². The minimum Gasteiger partial charge on any atom is -0.374 e. The average Bonchev–Trinajstić information content (AvgIpc) is 0.777. The first-order chi connectivity index (χ1) is 46.9. The maximum atomic E-state index is 12.3. The predicted octanol–water partition coefficient (Wildman–Crippen LogP) is 13.2. The molecule has 0 bridgehead atoms. The maximum absolute atomic E-state index is 12.3. The van der Waals surface area contributed by atoms with Crippen LogP contribution in [0, 0.1) is 0 Å². The zero-order valence-corrected chi connectivity index (χ0v) is 54.2. The highest BCUT2D eigenvalue weighted by Crippen LogP contribution is 2.39. The van der Waals surface area contributed by atoms with E-state index >= 15 is 0 Å². The molecule has 15 heteroatoms. The summed E-state index contributed by atoms with van der Waals surface area (Å²) >= 11 is 0. The van der Waals surface area contributed by atoms with Crippen LogP contribution in [0.1, 0.15) is 83.5 Å². The molecule has 95 heavy (non-hydrogen) atoms. The Hall–Kier alpha value is -6.84. The lowest BCUT2D eigenvalue weighted by Gasteiger charge is -2.52. The molecule has 1 aliphatic carbocycles. The fourth-order valence-corrected chi connectivity index (χ4v) is 13.1. The summed E-state index contributed by atoms with van der Waals surface area (Å²) in [5, 5.41) is 16.4. The molecule has 0 aromatic heterocycles. The Morgan fingerprint density at radius 3 is 1.00 bits per heavy atom. The van der Waals surface area contributed by atoms with Crippen LogP contribution in [0.25, 0.3) is 0 Å². The summed E-state index contributed by atoms with van der Waals surface area (Å²) < 4.78 is 93.3. The van der Waals surface area contributed by atoms with E-state index in [1.54, 1.807) is 0 Å². The lowest BCUT2D eigenvalue weighted by Crippen LogP contribution is -2.69. The third-order valence-corrected chi connectivity index (χ3v) is 18.1. The number of hydrogen-bond donors (Lipinski definition) is 2. The molecule has 15 nitrogen and oxygen atoms in total. The highest BCUT2D eigenvalue weighted by molar-refractivity contribution is 5.20. The van der Waals surface area contributed by atoms with Crippen molar-refractivity contribution in [3.05, 3.63) is 287 Å². The Morgan fingerprint density at radius 2 is 0.621 bits per heavy atom. The highest BCUT2D eigenvalue weighted by Gasteiger charge is 2.57. The molecule has 12 rings (SSSR count). The molecule has 3 saturated heterocycles. The molecule has 8 aromatic carbocycles. The second kappa shape index (κ2) is 35.9. The van der Waals surface area contributed by atoms with Crippen LogP contribution in [0.5, 0.6) is 0 Å². The molecule has 4 fully saturated rings. The van der Waals surface area contributed by atoms with E-state index in [9.17, 15) is 5.11 Å². The van der Waals surface area contributed by atoms with E-state index in [0.29, 0.717) is 6.61 Å². The van der Waals surface area contributed by atoms with Gasteiger partial charge in [-0.15, -0.1) is 0 Å². The van der Waals surface area contributed by atoms with Gasteiger partial charge in [-0.1, -0.05) is 262 Å². The normalized spacial score (nSPS) is 27.2. The molecule has 0 amide bonds. The molecule has 0 radical (unpaired) electrons. The quantitative estimate of drug-likeness (QED) is 0.0411. The van der Waals surface area contributed by atoms with Crippen LogP contribution in [-0.4, -0.2) is 116 Å². The Kier molecular flexibility index (Phi) is 25.8. The fourth-order valence-electron chi connectivity index (χ4n) is 13.1. The fraction of sp³-hybridized carbons (Fsp3) is 0.400. The number of aliphatic hydroxyl groups is 1. The van der Waals surface area contributed by atoms with Gasteiger partial charge in [-0.3, -0.25) is 0 Å². The van der Waals surface area contributed by atoms with E-state index in [1.165, 1.54) is 6.42 Å². The second-order valence-electron chi connectivity index (χ2n) is 25.1. The van der Waals surface area contributed by atoms with Crippen molar-refractivity contribution in [2.45, 2.75) is 190 Å². The lowest BCUT2D eigenvalue weighted by atomic mass is 9.90. The van der Waals surface area contributed by atoms with Gasteiger partial charge in [0.25, 0.3) is 0 Å². The number of rotatable bonds is 32. The first kappa shape index (κ1) is 68.1. The van der Waals surface area contributed by atoms with Crippen molar-refractivity contribution >= 4 is 0 Å². The predicted molar refractivity (Wildman–Crippen MR) is 360 cm³/mol. The van der Waals surface area contributed by atoms with Crippen LogP contribution in [0.2, 0.25) is 0 Å². The van der Waals surface area contributed by atoms with E-state index in [0.717, 1.165) is 70.2 Å². The summed E-state index contributed by atoms with van der Waals surface area (Å²) in [6.45, 7) is 3.77. The minimum absolute atomic E-state index is 0.00781. The van der Waals surface area contributed by atoms with E-state index < -0.39 is 86.0 Å². The van der Waals surface area contributed by atoms with Gasteiger partial charge in [0.15, 0.2) is 18.9 Å². The largest absolute Gasteiger partial charge is 0.374 e. The van der Waals surface area contributed by atoms with E-state index in [1.807, 2.05) is 218 Å². The molecule has 3 heterocycles. The van der Waals surface area contributed by atoms with Crippen LogP contribution in [-0.2, 0) is 114 Å². The third-order valence-electron chi connectivity index (χ3n) is 18.1. The average molecular weight is 1290 g/mol. The third kappa shape index (κ3) is 19.7. The van der Waals surface area contributed by atoms with E-state index in [4.69, 9.17) is 61.6 Å². The summed E-state index contributed by atoms with van der Waals surface area (Å²) in [5.41, 5.74) is 7.58. The van der Waals surface area contributed by atoms with Crippen LogP contribution in [0.15, 0.2) is 243 Å². The van der Waals surface area contributed by atoms with Gasteiger partial charge in [0, 0.05) is 6.04 Å². The summed E-state index contributed by atoms with van der Waals surface area (Å²) in [7, 11) is 0. The van der Waals surface area contributed by atoms with Gasteiger partial charge in [-0.25, -0.2) is 0 Å². The number of benzene rings is 8. The van der Waals surface area contributed by atoms with Crippen molar-refractivity contribution in [3.63, 3.8) is 0 Å². The molecule has 8 aromatic rings. The molecule has 1 unspecified atom stereocenters. The second-order valence-corrected chi connectivity index (χ2v) is 25.1. The molecular weight excluding hydrogens is 1200 g/mol. The molecule has 15 atom stereocenters. The summed E-state index contributed by atoms with van der Waals surface area (Å²) in [4.78, 5) is 0. The van der Waals surface area contributed by atoms with Gasteiger partial charge in [-0.2, -0.15) is 0 Å². The highest BCUT2D eigenvalue weighted by atomic mass is 16.8. The van der Waals surface area contributed by atoms with Crippen molar-refractivity contribution in [1.29, 1.82) is 0 Å². The molecule has 0 spiro atoms. The van der Waals surface area contributed by atoms with Crippen molar-refractivity contribution in [2.24, 2.45) is 0 Å². The zero-order chi connectivity index (χ0) is 64.6. The van der Waals surface area contributed by atoms with Crippen LogP contribution < -0.4 is 5.32 Å². The van der Waals surface area contributed by atoms with Crippen molar-refractivity contribution in [2.75, 3.05) is 13.2 Å². The molecule has 4 aliphatic rings. The van der Waals surface area contributed by atoms with E-state index in [2.05, 4.69) is 36.5 Å². The topological polar surface area (TPSA) is 152 Å². The minimum atomic E-state index is -1.46. The maximum Gasteiger partial charge on any atom is 0.187 e. The van der Waals surface area contributed by atoms with E-state index in [-0.39, 0.29) is 71.5 Å². The van der Waals surface area contributed by atoms with Crippen LogP contribution in [0.3, 0.4) is 0 Å². The lowest BCUT2D eigenvalue weighted by molar-refractivity contribution is -0.389.